The quantitative estimate of drug-likeness (QED) is 0.0335. The van der Waals surface area contributed by atoms with Gasteiger partial charge in [0.15, 0.2) is 0 Å². The molecule has 0 heterocycles. The normalized spacial score (nSPS) is 12.3. The van der Waals surface area contributed by atoms with Crippen LogP contribution in [0.5, 0.6) is 0 Å². The van der Waals surface area contributed by atoms with Crippen LogP contribution in [0.25, 0.3) is 0 Å². The Bertz CT molecular complexity index is 865. The molecule has 0 aromatic heterocycles. The average molecular weight is 799 g/mol. The Hall–Kier alpha value is -1.82. The van der Waals surface area contributed by atoms with Crippen LogP contribution in [0.2, 0.25) is 0 Å². The van der Waals surface area contributed by atoms with E-state index < -0.39 is 0 Å². The maximum atomic E-state index is 12.0. The standard InChI is InChI=1S/C46H86O10/c1-4-7-9-11-13-20-27-34-55-45(47)29-23-17-15-19-25-32-52-42-44(43-53-41-40-51-39-38-50-37-36-49-31-6-3)54-33-26-22-16-18-24-30-46(48)56-35-28-21-14-12-10-8-5-2/h20-21,27-28,44H,4-19,22-26,29-43H2,1-3H3/b27-20-,28-21-. The fourth-order valence-electron chi connectivity index (χ4n) is 5.71. The molecule has 0 saturated carbocycles. The zero-order valence-electron chi connectivity index (χ0n) is 36.4. The first kappa shape index (κ1) is 54.2. The third-order valence-corrected chi connectivity index (χ3v) is 9.08. The molecule has 0 rings (SSSR count). The molecule has 330 valence electrons. The molecule has 10 heteroatoms. The summed E-state index contributed by atoms with van der Waals surface area (Å²) in [5, 5.41) is 0. The third-order valence-electron chi connectivity index (χ3n) is 9.08. The molecule has 0 amide bonds. The summed E-state index contributed by atoms with van der Waals surface area (Å²) in [6, 6.07) is 0. The van der Waals surface area contributed by atoms with Crippen molar-refractivity contribution >= 4 is 11.9 Å². The van der Waals surface area contributed by atoms with Crippen LogP contribution < -0.4 is 0 Å². The Labute approximate surface area is 343 Å². The van der Waals surface area contributed by atoms with Crippen LogP contribution in [0.4, 0.5) is 0 Å². The van der Waals surface area contributed by atoms with Crippen LogP contribution in [0, 0.1) is 0 Å². The van der Waals surface area contributed by atoms with E-state index in [9.17, 15) is 9.59 Å². The van der Waals surface area contributed by atoms with Crippen molar-refractivity contribution in [2.24, 2.45) is 0 Å². The average Bonchev–Trinajstić information content (AvgIpc) is 3.20. The number of allylic oxidation sites excluding steroid dienone is 2. The van der Waals surface area contributed by atoms with Gasteiger partial charge in [0, 0.05) is 32.7 Å². The number of ether oxygens (including phenoxy) is 8. The molecule has 1 unspecified atom stereocenters. The molecule has 0 aliphatic rings. The summed E-state index contributed by atoms with van der Waals surface area (Å²) in [7, 11) is 0. The van der Waals surface area contributed by atoms with E-state index in [4.69, 9.17) is 37.9 Å². The third kappa shape index (κ3) is 44.9. The minimum absolute atomic E-state index is 0.106. The van der Waals surface area contributed by atoms with E-state index in [0.717, 1.165) is 90.1 Å². The SMILES string of the molecule is CCCCCC/C=C\COC(=O)CCCCCCCOCC(COCCOCCOCCOCCC)OCCCCCCCC(=O)OC/C=C\CCCCCC. The van der Waals surface area contributed by atoms with Crippen LogP contribution in [0.15, 0.2) is 24.3 Å². The molecule has 0 saturated heterocycles. The summed E-state index contributed by atoms with van der Waals surface area (Å²) in [4.78, 5) is 24.0. The van der Waals surface area contributed by atoms with E-state index in [1.165, 1.54) is 51.4 Å². The Morgan fingerprint density at radius 2 is 0.804 bits per heavy atom. The van der Waals surface area contributed by atoms with E-state index in [2.05, 4.69) is 32.9 Å². The van der Waals surface area contributed by atoms with Gasteiger partial charge in [0.05, 0.1) is 52.9 Å². The minimum Gasteiger partial charge on any atom is -0.461 e. The van der Waals surface area contributed by atoms with E-state index in [1.807, 2.05) is 12.2 Å². The van der Waals surface area contributed by atoms with E-state index in [0.29, 0.717) is 92.1 Å². The number of esters is 2. The van der Waals surface area contributed by atoms with Gasteiger partial charge in [0.25, 0.3) is 0 Å². The van der Waals surface area contributed by atoms with E-state index in [1.54, 1.807) is 0 Å². The Morgan fingerprint density at radius 3 is 1.30 bits per heavy atom. The molecule has 0 fully saturated rings. The molecular weight excluding hydrogens is 712 g/mol. The molecule has 0 radical (unpaired) electrons. The fourth-order valence-corrected chi connectivity index (χ4v) is 5.71. The van der Waals surface area contributed by atoms with Crippen molar-refractivity contribution in [3.05, 3.63) is 24.3 Å². The van der Waals surface area contributed by atoms with Crippen molar-refractivity contribution in [2.45, 2.75) is 175 Å². The van der Waals surface area contributed by atoms with Crippen molar-refractivity contribution < 1.29 is 47.5 Å². The second-order valence-corrected chi connectivity index (χ2v) is 14.5. The van der Waals surface area contributed by atoms with Crippen molar-refractivity contribution in [3.8, 4) is 0 Å². The van der Waals surface area contributed by atoms with Gasteiger partial charge in [0.2, 0.25) is 0 Å². The summed E-state index contributed by atoms with van der Waals surface area (Å²) < 4.78 is 45.2. The van der Waals surface area contributed by atoms with Crippen LogP contribution in [-0.2, 0) is 47.5 Å². The monoisotopic (exact) mass is 799 g/mol. The Balaban J connectivity index is 4.11. The van der Waals surface area contributed by atoms with Crippen molar-refractivity contribution in [1.29, 1.82) is 0 Å². The summed E-state index contributed by atoms with van der Waals surface area (Å²) in [6.45, 7) is 13.6. The maximum Gasteiger partial charge on any atom is 0.306 e. The maximum absolute atomic E-state index is 12.0. The number of hydrogen-bond acceptors (Lipinski definition) is 10. The summed E-state index contributed by atoms with van der Waals surface area (Å²) in [6.07, 6.45) is 32.1. The first-order chi connectivity index (χ1) is 27.6. The first-order valence-electron chi connectivity index (χ1n) is 22.7. The lowest BCUT2D eigenvalue weighted by Gasteiger charge is -2.18. The highest BCUT2D eigenvalue weighted by atomic mass is 16.6. The van der Waals surface area contributed by atoms with Crippen molar-refractivity contribution in [2.75, 3.05) is 85.9 Å². The summed E-state index contributed by atoms with van der Waals surface area (Å²) >= 11 is 0. The molecular formula is C46H86O10. The number of hydrogen-bond donors (Lipinski definition) is 0. The Kier molecular flexibility index (Phi) is 46.0. The van der Waals surface area contributed by atoms with Gasteiger partial charge in [-0.1, -0.05) is 122 Å². The van der Waals surface area contributed by atoms with E-state index in [-0.39, 0.29) is 18.0 Å². The molecule has 56 heavy (non-hydrogen) atoms. The van der Waals surface area contributed by atoms with Crippen molar-refractivity contribution in [1.82, 2.24) is 0 Å². The minimum atomic E-state index is -0.136. The largest absolute Gasteiger partial charge is 0.461 e. The van der Waals surface area contributed by atoms with Crippen LogP contribution in [-0.4, -0.2) is 104 Å². The lowest BCUT2D eigenvalue weighted by Crippen LogP contribution is -2.27. The van der Waals surface area contributed by atoms with Gasteiger partial charge in [0.1, 0.15) is 19.3 Å². The second kappa shape index (κ2) is 47.6. The van der Waals surface area contributed by atoms with Gasteiger partial charge in [-0.2, -0.15) is 0 Å². The molecule has 0 aliphatic carbocycles. The number of carbonyl (C=O) groups is 2. The van der Waals surface area contributed by atoms with Gasteiger partial charge >= 0.3 is 11.9 Å². The number of carbonyl (C=O) groups excluding carboxylic acids is 2. The Morgan fingerprint density at radius 1 is 0.393 bits per heavy atom. The molecule has 0 N–H and O–H groups in total. The number of unbranched alkanes of at least 4 members (excludes halogenated alkanes) is 16. The van der Waals surface area contributed by atoms with Gasteiger partial charge in [-0.05, 0) is 57.8 Å². The highest BCUT2D eigenvalue weighted by Gasteiger charge is 2.11. The van der Waals surface area contributed by atoms with Gasteiger partial charge in [-0.15, -0.1) is 0 Å². The zero-order valence-corrected chi connectivity index (χ0v) is 36.4. The molecule has 0 aromatic carbocycles. The second-order valence-electron chi connectivity index (χ2n) is 14.5. The lowest BCUT2D eigenvalue weighted by atomic mass is 10.1. The van der Waals surface area contributed by atoms with Gasteiger partial charge in [-0.3, -0.25) is 9.59 Å². The van der Waals surface area contributed by atoms with E-state index >= 15 is 0 Å². The summed E-state index contributed by atoms with van der Waals surface area (Å²) in [5.41, 5.74) is 0. The lowest BCUT2D eigenvalue weighted by molar-refractivity contribution is -0.143. The van der Waals surface area contributed by atoms with Gasteiger partial charge in [-0.25, -0.2) is 0 Å². The molecule has 1 atom stereocenters. The van der Waals surface area contributed by atoms with Crippen LogP contribution in [0.3, 0.4) is 0 Å². The molecule has 0 spiro atoms. The molecule has 0 aromatic rings. The fraction of sp³-hybridized carbons (Fsp3) is 0.870. The predicted octanol–water partition coefficient (Wildman–Crippen LogP) is 10.7. The van der Waals surface area contributed by atoms with Gasteiger partial charge < -0.3 is 37.9 Å². The molecule has 0 bridgehead atoms. The topological polar surface area (TPSA) is 108 Å². The van der Waals surface area contributed by atoms with Crippen LogP contribution >= 0.6 is 0 Å². The molecule has 10 nitrogen and oxygen atoms in total. The highest BCUT2D eigenvalue weighted by Crippen LogP contribution is 2.10. The van der Waals surface area contributed by atoms with Crippen molar-refractivity contribution in [3.63, 3.8) is 0 Å². The first-order valence-corrected chi connectivity index (χ1v) is 22.7. The smallest absolute Gasteiger partial charge is 0.306 e. The number of rotatable bonds is 46. The summed E-state index contributed by atoms with van der Waals surface area (Å²) in [5.74, 6) is -0.214. The highest BCUT2D eigenvalue weighted by molar-refractivity contribution is 5.69. The predicted molar refractivity (Wildman–Crippen MR) is 227 cm³/mol. The zero-order chi connectivity index (χ0) is 40.7. The van der Waals surface area contributed by atoms with Crippen LogP contribution in [0.1, 0.15) is 168 Å². The molecule has 0 aliphatic heterocycles.